The minimum Gasteiger partial charge on any atom is -0.320 e. The summed E-state index contributed by atoms with van der Waals surface area (Å²) in [6, 6.07) is 4.34. The average molecular weight is 201 g/mol. The molecule has 15 heavy (non-hydrogen) atoms. The molecule has 2 heterocycles. The zero-order chi connectivity index (χ0) is 10.7. The summed E-state index contributed by atoms with van der Waals surface area (Å²) in [5, 5.41) is 21.0. The molecule has 76 valence electrons. The number of hydrogen-bond donors (Lipinski definition) is 1. The molecule has 2 rings (SSSR count). The highest BCUT2D eigenvalue weighted by molar-refractivity contribution is 5.36. The zero-order valence-electron chi connectivity index (χ0n) is 8.27. The Morgan fingerprint density at radius 2 is 2.40 bits per heavy atom. The van der Waals surface area contributed by atoms with E-state index in [1.54, 1.807) is 10.9 Å². The highest BCUT2D eigenvalue weighted by atomic mass is 15.1. The molecule has 1 aliphatic heterocycles. The van der Waals surface area contributed by atoms with Gasteiger partial charge in [0.1, 0.15) is 12.1 Å². The number of nitrogens with zero attached hydrogens (tertiary/aromatic N) is 4. The molecule has 5 nitrogen and oxygen atoms in total. The van der Waals surface area contributed by atoms with Crippen molar-refractivity contribution in [1.82, 2.24) is 14.9 Å². The lowest BCUT2D eigenvalue weighted by atomic mass is 10.2. The molecule has 1 N–H and O–H groups in total. The van der Waals surface area contributed by atoms with Crippen LogP contribution in [0.4, 0.5) is 0 Å². The summed E-state index contributed by atoms with van der Waals surface area (Å²) in [6.07, 6.45) is 3.86. The standard InChI is InChI=1S/C10H11N5/c11-4-9-10(5-12)15(7-14-9)6-8-2-1-3-13-8/h7-8,13H,1-3,6H2. The fraction of sp³-hybridized carbons (Fsp3) is 0.500. The Kier molecular flexibility index (Phi) is 2.66. The van der Waals surface area contributed by atoms with Crippen LogP contribution in [-0.2, 0) is 6.54 Å². The van der Waals surface area contributed by atoms with Crippen molar-refractivity contribution in [3.05, 3.63) is 17.7 Å². The number of hydrogen-bond acceptors (Lipinski definition) is 4. The molecule has 0 saturated carbocycles. The van der Waals surface area contributed by atoms with Crippen molar-refractivity contribution in [1.29, 1.82) is 10.5 Å². The first kappa shape index (κ1) is 9.70. The van der Waals surface area contributed by atoms with Gasteiger partial charge in [0.2, 0.25) is 0 Å². The first-order valence-electron chi connectivity index (χ1n) is 4.94. The van der Waals surface area contributed by atoms with E-state index in [1.165, 1.54) is 6.42 Å². The Hall–Kier alpha value is -1.85. The molecule has 0 aromatic carbocycles. The second-order valence-corrected chi connectivity index (χ2v) is 3.61. The van der Waals surface area contributed by atoms with Crippen LogP contribution in [0.1, 0.15) is 24.2 Å². The van der Waals surface area contributed by atoms with Crippen LogP contribution in [0.5, 0.6) is 0 Å². The van der Waals surface area contributed by atoms with Gasteiger partial charge >= 0.3 is 0 Å². The van der Waals surface area contributed by atoms with Crippen molar-refractivity contribution in [2.24, 2.45) is 0 Å². The quantitative estimate of drug-likeness (QED) is 0.750. The number of nitriles is 2. The van der Waals surface area contributed by atoms with Crippen LogP contribution in [0.15, 0.2) is 6.33 Å². The van der Waals surface area contributed by atoms with E-state index in [1.807, 2.05) is 12.1 Å². The van der Waals surface area contributed by atoms with Gasteiger partial charge in [-0.25, -0.2) is 4.98 Å². The van der Waals surface area contributed by atoms with Gasteiger partial charge in [0.15, 0.2) is 11.4 Å². The normalized spacial score (nSPS) is 19.7. The predicted molar refractivity (Wildman–Crippen MR) is 52.7 cm³/mol. The maximum Gasteiger partial charge on any atom is 0.176 e. The summed E-state index contributed by atoms with van der Waals surface area (Å²) in [4.78, 5) is 3.90. The van der Waals surface area contributed by atoms with Crippen molar-refractivity contribution < 1.29 is 0 Å². The predicted octanol–water partition coefficient (Wildman–Crippen LogP) is 0.378. The third-order valence-electron chi connectivity index (χ3n) is 2.63. The Morgan fingerprint density at radius 1 is 1.53 bits per heavy atom. The third kappa shape index (κ3) is 1.83. The van der Waals surface area contributed by atoms with Crippen LogP contribution < -0.4 is 5.32 Å². The smallest absolute Gasteiger partial charge is 0.176 e. The SMILES string of the molecule is N#Cc1ncn(CC2CCCN2)c1C#N. The van der Waals surface area contributed by atoms with Gasteiger partial charge in [-0.3, -0.25) is 0 Å². The second-order valence-electron chi connectivity index (χ2n) is 3.61. The lowest BCUT2D eigenvalue weighted by molar-refractivity contribution is 0.506. The molecular formula is C10H11N5. The minimum atomic E-state index is 0.218. The monoisotopic (exact) mass is 201 g/mol. The van der Waals surface area contributed by atoms with E-state index in [4.69, 9.17) is 10.5 Å². The number of rotatable bonds is 2. The lowest BCUT2D eigenvalue weighted by Crippen LogP contribution is -2.26. The maximum atomic E-state index is 8.91. The Bertz CT molecular complexity index is 428. The summed E-state index contributed by atoms with van der Waals surface area (Å²) in [5.41, 5.74) is 0.585. The van der Waals surface area contributed by atoms with Crippen molar-refractivity contribution in [3.63, 3.8) is 0 Å². The van der Waals surface area contributed by atoms with E-state index >= 15 is 0 Å². The fourth-order valence-corrected chi connectivity index (χ4v) is 1.87. The lowest BCUT2D eigenvalue weighted by Gasteiger charge is -2.10. The van der Waals surface area contributed by atoms with Gasteiger partial charge < -0.3 is 9.88 Å². The van der Waals surface area contributed by atoms with Crippen molar-refractivity contribution in [2.45, 2.75) is 25.4 Å². The van der Waals surface area contributed by atoms with Gasteiger partial charge in [-0.2, -0.15) is 10.5 Å². The topological polar surface area (TPSA) is 77.4 Å². The summed E-state index contributed by atoms with van der Waals surface area (Å²) in [7, 11) is 0. The first-order chi connectivity index (χ1) is 7.35. The van der Waals surface area contributed by atoms with Crippen LogP contribution in [0.25, 0.3) is 0 Å². The Balaban J connectivity index is 2.18. The summed E-state index contributed by atoms with van der Waals surface area (Å²) in [5.74, 6) is 0. The largest absolute Gasteiger partial charge is 0.320 e. The molecular weight excluding hydrogens is 190 g/mol. The van der Waals surface area contributed by atoms with Gasteiger partial charge in [0.25, 0.3) is 0 Å². The molecule has 1 aromatic heterocycles. The third-order valence-corrected chi connectivity index (χ3v) is 2.63. The minimum absolute atomic E-state index is 0.218. The molecule has 1 atom stereocenters. The highest BCUT2D eigenvalue weighted by Crippen LogP contribution is 2.11. The van der Waals surface area contributed by atoms with Crippen LogP contribution in [0, 0.1) is 22.7 Å². The molecule has 1 saturated heterocycles. The number of imidazole rings is 1. The second kappa shape index (κ2) is 4.12. The van der Waals surface area contributed by atoms with Crippen LogP contribution in [0.3, 0.4) is 0 Å². The van der Waals surface area contributed by atoms with Crippen molar-refractivity contribution in [3.8, 4) is 12.1 Å². The molecule has 0 aliphatic carbocycles. The molecule has 1 unspecified atom stereocenters. The summed E-state index contributed by atoms with van der Waals surface area (Å²) in [6.45, 7) is 1.75. The van der Waals surface area contributed by atoms with Crippen molar-refractivity contribution in [2.75, 3.05) is 6.54 Å². The molecule has 0 bridgehead atoms. The summed E-state index contributed by atoms with van der Waals surface area (Å²) >= 11 is 0. The van der Waals surface area contributed by atoms with Gasteiger partial charge in [-0.15, -0.1) is 0 Å². The van der Waals surface area contributed by atoms with E-state index < -0.39 is 0 Å². The van der Waals surface area contributed by atoms with E-state index in [0.717, 1.165) is 19.5 Å². The highest BCUT2D eigenvalue weighted by Gasteiger charge is 2.17. The Morgan fingerprint density at radius 3 is 3.00 bits per heavy atom. The molecule has 0 radical (unpaired) electrons. The van der Waals surface area contributed by atoms with E-state index in [9.17, 15) is 0 Å². The molecule has 1 aromatic rings. The zero-order valence-corrected chi connectivity index (χ0v) is 8.27. The first-order valence-corrected chi connectivity index (χ1v) is 4.94. The maximum absolute atomic E-state index is 8.91. The van der Waals surface area contributed by atoms with Crippen molar-refractivity contribution >= 4 is 0 Å². The molecule has 1 aliphatic rings. The van der Waals surface area contributed by atoms with Gasteiger partial charge in [0.05, 0.1) is 6.33 Å². The van der Waals surface area contributed by atoms with Gasteiger partial charge in [-0.05, 0) is 19.4 Å². The Labute approximate surface area is 88.0 Å². The van der Waals surface area contributed by atoms with Crippen LogP contribution in [-0.4, -0.2) is 22.1 Å². The molecule has 5 heteroatoms. The summed E-state index contributed by atoms with van der Waals surface area (Å²) < 4.78 is 1.75. The molecule has 0 spiro atoms. The number of aromatic nitrogens is 2. The van der Waals surface area contributed by atoms with Crippen LogP contribution >= 0.6 is 0 Å². The fourth-order valence-electron chi connectivity index (χ4n) is 1.87. The van der Waals surface area contributed by atoms with E-state index in [-0.39, 0.29) is 5.69 Å². The van der Waals surface area contributed by atoms with Crippen LogP contribution in [0.2, 0.25) is 0 Å². The average Bonchev–Trinajstić information content (AvgIpc) is 2.87. The van der Waals surface area contributed by atoms with E-state index in [2.05, 4.69) is 10.3 Å². The number of nitrogens with one attached hydrogen (secondary N) is 1. The van der Waals surface area contributed by atoms with E-state index in [0.29, 0.717) is 11.7 Å². The van der Waals surface area contributed by atoms with Gasteiger partial charge in [0, 0.05) is 12.6 Å². The van der Waals surface area contributed by atoms with Gasteiger partial charge in [-0.1, -0.05) is 0 Å². The molecule has 1 fully saturated rings. The molecule has 0 amide bonds.